The molecule has 0 atom stereocenters. The Hall–Kier alpha value is -1.18. The molecule has 0 aliphatic carbocycles. The summed E-state index contributed by atoms with van der Waals surface area (Å²) in [7, 11) is 0. The SMILES string of the molecule is [C]1=Nc2ccncc2C1. The second kappa shape index (κ2) is 1.65. The van der Waals surface area contributed by atoms with Crippen LogP contribution in [0.15, 0.2) is 23.5 Å². The third kappa shape index (κ3) is 0.633. The molecule has 2 nitrogen and oxygen atoms in total. The molecule has 2 rings (SSSR count). The summed E-state index contributed by atoms with van der Waals surface area (Å²) >= 11 is 0. The monoisotopic (exact) mass is 117 g/mol. The number of hydrogen-bond donors (Lipinski definition) is 0. The van der Waals surface area contributed by atoms with Gasteiger partial charge in [-0.15, -0.1) is 0 Å². The Bertz CT molecular complexity index is 253. The number of aromatic nitrogens is 1. The van der Waals surface area contributed by atoms with Gasteiger partial charge in [-0.25, -0.2) is 0 Å². The Morgan fingerprint density at radius 2 is 2.56 bits per heavy atom. The van der Waals surface area contributed by atoms with Crippen LogP contribution in [-0.4, -0.2) is 11.2 Å². The summed E-state index contributed by atoms with van der Waals surface area (Å²) in [6.45, 7) is 0. The van der Waals surface area contributed by atoms with Gasteiger partial charge in [0.05, 0.1) is 11.9 Å². The largest absolute Gasteiger partial charge is 0.264 e. The van der Waals surface area contributed by atoms with E-state index in [1.807, 2.05) is 12.3 Å². The summed E-state index contributed by atoms with van der Waals surface area (Å²) < 4.78 is 0. The molecule has 1 aliphatic heterocycles. The van der Waals surface area contributed by atoms with E-state index in [4.69, 9.17) is 0 Å². The van der Waals surface area contributed by atoms with Crippen molar-refractivity contribution in [3.05, 3.63) is 24.0 Å². The molecule has 9 heavy (non-hydrogen) atoms. The van der Waals surface area contributed by atoms with Crippen LogP contribution in [0.5, 0.6) is 0 Å². The minimum atomic E-state index is 0.823. The molecule has 1 aromatic rings. The topological polar surface area (TPSA) is 25.2 Å². The van der Waals surface area contributed by atoms with Crippen LogP contribution in [0.4, 0.5) is 5.69 Å². The van der Waals surface area contributed by atoms with E-state index in [1.165, 1.54) is 5.56 Å². The van der Waals surface area contributed by atoms with Gasteiger partial charge in [-0.05, 0) is 6.07 Å². The predicted molar refractivity (Wildman–Crippen MR) is 35.0 cm³/mol. The minimum absolute atomic E-state index is 0.823. The van der Waals surface area contributed by atoms with Gasteiger partial charge in [-0.3, -0.25) is 9.98 Å². The first-order chi connectivity index (χ1) is 4.47. The van der Waals surface area contributed by atoms with E-state index in [9.17, 15) is 0 Å². The van der Waals surface area contributed by atoms with Gasteiger partial charge in [0.25, 0.3) is 0 Å². The number of pyridine rings is 1. The zero-order chi connectivity index (χ0) is 6.10. The highest BCUT2D eigenvalue weighted by atomic mass is 14.8. The van der Waals surface area contributed by atoms with Crippen molar-refractivity contribution in [3.63, 3.8) is 0 Å². The molecular formula is C7H5N2. The van der Waals surface area contributed by atoms with E-state index in [0.717, 1.165) is 12.1 Å². The van der Waals surface area contributed by atoms with Gasteiger partial charge in [0.1, 0.15) is 0 Å². The summed E-state index contributed by atoms with van der Waals surface area (Å²) in [4.78, 5) is 7.97. The van der Waals surface area contributed by atoms with E-state index in [2.05, 4.69) is 16.2 Å². The average molecular weight is 117 g/mol. The van der Waals surface area contributed by atoms with Crippen LogP contribution in [0.25, 0.3) is 0 Å². The average Bonchev–Trinajstić information content (AvgIpc) is 2.33. The van der Waals surface area contributed by atoms with Gasteiger partial charge >= 0.3 is 0 Å². The van der Waals surface area contributed by atoms with Crippen molar-refractivity contribution in [1.82, 2.24) is 4.98 Å². The number of aliphatic imine (C=N–C) groups is 1. The fraction of sp³-hybridized carbons (Fsp3) is 0.143. The first kappa shape index (κ1) is 4.68. The molecule has 0 fully saturated rings. The summed E-state index contributed by atoms with van der Waals surface area (Å²) in [5.74, 6) is 0. The Balaban J connectivity index is 2.63. The zero-order valence-corrected chi connectivity index (χ0v) is 4.83. The van der Waals surface area contributed by atoms with Crippen LogP contribution < -0.4 is 0 Å². The number of hydrogen-bond acceptors (Lipinski definition) is 2. The summed E-state index contributed by atoms with van der Waals surface area (Å²) in [6.07, 6.45) is 7.27. The Morgan fingerprint density at radius 3 is 3.44 bits per heavy atom. The molecule has 0 bridgehead atoms. The molecule has 0 unspecified atom stereocenters. The third-order valence-corrected chi connectivity index (χ3v) is 1.35. The van der Waals surface area contributed by atoms with Crippen LogP contribution in [0, 0.1) is 0 Å². The van der Waals surface area contributed by atoms with E-state index >= 15 is 0 Å². The van der Waals surface area contributed by atoms with Crippen molar-refractivity contribution in [2.45, 2.75) is 6.42 Å². The first-order valence-corrected chi connectivity index (χ1v) is 2.83. The predicted octanol–water partition coefficient (Wildman–Crippen LogP) is 1.22. The molecule has 43 valence electrons. The maximum atomic E-state index is 4.01. The zero-order valence-electron chi connectivity index (χ0n) is 4.83. The second-order valence-corrected chi connectivity index (χ2v) is 1.95. The van der Waals surface area contributed by atoms with Crippen molar-refractivity contribution in [1.29, 1.82) is 0 Å². The highest BCUT2D eigenvalue weighted by Gasteiger charge is 2.03. The quantitative estimate of drug-likeness (QED) is 0.501. The standard InChI is InChI=1S/C7H5N2/c1-4-9-7-2-3-8-5-6(1)7/h2-3,5H,1H2. The molecule has 0 saturated carbocycles. The van der Waals surface area contributed by atoms with Gasteiger partial charge in [-0.2, -0.15) is 0 Å². The molecule has 1 aromatic heterocycles. The maximum absolute atomic E-state index is 4.01. The Labute approximate surface area is 53.3 Å². The molecule has 1 aliphatic rings. The molecule has 0 saturated heterocycles. The lowest BCUT2D eigenvalue weighted by Gasteiger charge is -1.90. The fourth-order valence-electron chi connectivity index (χ4n) is 0.875. The lowest BCUT2D eigenvalue weighted by atomic mass is 10.2. The van der Waals surface area contributed by atoms with Crippen LogP contribution >= 0.6 is 0 Å². The van der Waals surface area contributed by atoms with E-state index in [-0.39, 0.29) is 0 Å². The summed E-state index contributed by atoms with van der Waals surface area (Å²) in [6, 6.07) is 1.90. The van der Waals surface area contributed by atoms with Crippen molar-refractivity contribution in [3.8, 4) is 0 Å². The van der Waals surface area contributed by atoms with Gasteiger partial charge in [0, 0.05) is 24.4 Å². The fourth-order valence-corrected chi connectivity index (χ4v) is 0.875. The van der Waals surface area contributed by atoms with Crippen LogP contribution in [0.1, 0.15) is 5.56 Å². The molecular weight excluding hydrogens is 112 g/mol. The molecule has 2 heterocycles. The van der Waals surface area contributed by atoms with Gasteiger partial charge < -0.3 is 0 Å². The van der Waals surface area contributed by atoms with E-state index in [0.29, 0.717) is 0 Å². The molecule has 2 heteroatoms. The van der Waals surface area contributed by atoms with Crippen molar-refractivity contribution in [2.75, 3.05) is 0 Å². The van der Waals surface area contributed by atoms with Gasteiger partial charge in [0.2, 0.25) is 0 Å². The molecule has 1 radical (unpaired) electrons. The van der Waals surface area contributed by atoms with Crippen molar-refractivity contribution >= 4 is 11.9 Å². The lowest BCUT2D eigenvalue weighted by molar-refractivity contribution is 1.25. The second-order valence-electron chi connectivity index (χ2n) is 1.95. The van der Waals surface area contributed by atoms with Crippen molar-refractivity contribution < 1.29 is 0 Å². The summed E-state index contributed by atoms with van der Waals surface area (Å²) in [5.41, 5.74) is 2.20. The number of nitrogens with zero attached hydrogens (tertiary/aromatic N) is 2. The van der Waals surface area contributed by atoms with Crippen LogP contribution in [0.3, 0.4) is 0 Å². The van der Waals surface area contributed by atoms with E-state index in [1.54, 1.807) is 6.20 Å². The molecule has 0 aromatic carbocycles. The van der Waals surface area contributed by atoms with E-state index < -0.39 is 0 Å². The van der Waals surface area contributed by atoms with Gasteiger partial charge in [-0.1, -0.05) is 0 Å². The minimum Gasteiger partial charge on any atom is -0.264 e. The van der Waals surface area contributed by atoms with Crippen LogP contribution in [0.2, 0.25) is 0 Å². The van der Waals surface area contributed by atoms with Crippen molar-refractivity contribution in [2.24, 2.45) is 4.99 Å². The normalized spacial score (nSPS) is 13.8. The van der Waals surface area contributed by atoms with Gasteiger partial charge in [0.15, 0.2) is 0 Å². The Morgan fingerprint density at radius 1 is 1.56 bits per heavy atom. The van der Waals surface area contributed by atoms with Crippen LogP contribution in [-0.2, 0) is 6.42 Å². The highest BCUT2D eigenvalue weighted by Crippen LogP contribution is 2.20. The first-order valence-electron chi connectivity index (χ1n) is 2.83. The Kier molecular flexibility index (Phi) is 0.859. The maximum Gasteiger partial charge on any atom is 0.0700 e. The number of fused-ring (bicyclic) bond motifs is 1. The summed E-state index contributed by atoms with van der Waals surface area (Å²) in [5, 5.41) is 0. The lowest BCUT2D eigenvalue weighted by Crippen LogP contribution is -1.78. The smallest absolute Gasteiger partial charge is 0.0700 e. The third-order valence-electron chi connectivity index (χ3n) is 1.35. The molecule has 0 N–H and O–H groups in total. The molecule has 0 spiro atoms. The molecule has 0 amide bonds. The highest BCUT2D eigenvalue weighted by molar-refractivity contribution is 5.74. The number of rotatable bonds is 0.